The molecule has 4 heteroatoms. The average molecular weight is 591 g/mol. The van der Waals surface area contributed by atoms with Gasteiger partial charge in [0.2, 0.25) is 0 Å². The third kappa shape index (κ3) is 3.96. The van der Waals surface area contributed by atoms with Crippen LogP contribution in [0.25, 0.3) is 50.0 Å². The minimum absolute atomic E-state index is 0.334. The number of benzene rings is 5. The van der Waals surface area contributed by atoms with Gasteiger partial charge < -0.3 is 0 Å². The number of nitriles is 1. The molecule has 0 atom stereocenters. The largest absolute Gasteiger partial charge is 0.295 e. The first kappa shape index (κ1) is 28.3. The molecule has 218 valence electrons. The molecule has 0 N–H and O–H groups in total. The molecule has 0 saturated heterocycles. The van der Waals surface area contributed by atoms with Crippen LogP contribution in [0.5, 0.6) is 0 Å². The van der Waals surface area contributed by atoms with Crippen molar-refractivity contribution in [2.45, 2.75) is 59.5 Å². The Balaban J connectivity index is 1.67. The van der Waals surface area contributed by atoms with E-state index < -0.39 is 8.07 Å². The van der Waals surface area contributed by atoms with Crippen LogP contribution in [0.3, 0.4) is 0 Å². The summed E-state index contributed by atoms with van der Waals surface area (Å²) in [4.78, 5) is 0. The average Bonchev–Trinajstić information content (AvgIpc) is 3.42. The molecule has 5 aromatic carbocycles. The van der Waals surface area contributed by atoms with E-state index in [1.807, 2.05) is 12.1 Å². The second-order valence-electron chi connectivity index (χ2n) is 13.7. The number of para-hydroxylation sites is 2. The highest BCUT2D eigenvalue weighted by atomic mass is 28.3. The third-order valence-electron chi connectivity index (χ3n) is 9.87. The third-order valence-corrected chi connectivity index (χ3v) is 13.4. The molecule has 1 aliphatic heterocycles. The van der Waals surface area contributed by atoms with Gasteiger partial charge in [0.25, 0.3) is 5.82 Å². The number of nitrogens with zero attached hydrogens (tertiary/aromatic N) is 3. The number of imidazole rings is 1. The molecule has 0 fully saturated rings. The molecular weight excluding hydrogens is 551 g/mol. The van der Waals surface area contributed by atoms with Gasteiger partial charge in [-0.1, -0.05) is 89.3 Å². The molecule has 6 aromatic rings. The van der Waals surface area contributed by atoms with E-state index in [2.05, 4.69) is 143 Å². The second-order valence-corrected chi connectivity index (χ2v) is 18.0. The fraction of sp³-hybridized carbons (Fsp3) is 0.250. The summed E-state index contributed by atoms with van der Waals surface area (Å²) in [6.07, 6.45) is 0. The molecular formula is C40H40N3Si+. The Morgan fingerprint density at radius 2 is 1.50 bits per heavy atom. The van der Waals surface area contributed by atoms with E-state index in [0.29, 0.717) is 17.4 Å². The van der Waals surface area contributed by atoms with Gasteiger partial charge in [0, 0.05) is 11.1 Å². The Bertz CT molecular complexity index is 2190. The van der Waals surface area contributed by atoms with E-state index in [9.17, 15) is 5.26 Å². The zero-order valence-corrected chi connectivity index (χ0v) is 28.1. The number of fused-ring (bicyclic) bond motifs is 5. The maximum atomic E-state index is 9.66. The van der Waals surface area contributed by atoms with Crippen LogP contribution in [-0.2, 0) is 7.05 Å². The summed E-state index contributed by atoms with van der Waals surface area (Å²) in [6, 6.07) is 33.4. The van der Waals surface area contributed by atoms with Crippen molar-refractivity contribution < 1.29 is 4.57 Å². The monoisotopic (exact) mass is 590 g/mol. The molecule has 0 amide bonds. The van der Waals surface area contributed by atoms with E-state index in [1.165, 1.54) is 55.9 Å². The van der Waals surface area contributed by atoms with Crippen molar-refractivity contribution in [1.29, 1.82) is 5.26 Å². The zero-order valence-electron chi connectivity index (χ0n) is 27.1. The van der Waals surface area contributed by atoms with E-state index in [4.69, 9.17) is 0 Å². The van der Waals surface area contributed by atoms with Crippen molar-refractivity contribution in [2.75, 3.05) is 0 Å². The van der Waals surface area contributed by atoms with Gasteiger partial charge in [0.05, 0.1) is 24.2 Å². The molecule has 0 bridgehead atoms. The highest BCUT2D eigenvalue weighted by molar-refractivity contribution is 7.04. The molecule has 1 aromatic heterocycles. The zero-order chi connectivity index (χ0) is 31.1. The lowest BCUT2D eigenvalue weighted by Crippen LogP contribution is -2.51. The van der Waals surface area contributed by atoms with Crippen LogP contribution < -0.4 is 14.9 Å². The van der Waals surface area contributed by atoms with Crippen molar-refractivity contribution in [1.82, 2.24) is 4.57 Å². The van der Waals surface area contributed by atoms with E-state index in [0.717, 1.165) is 10.8 Å². The Kier molecular flexibility index (Phi) is 6.46. The molecule has 0 unspecified atom stereocenters. The van der Waals surface area contributed by atoms with Crippen LogP contribution in [-0.4, -0.2) is 12.6 Å². The molecule has 2 heterocycles. The molecule has 0 radical (unpaired) electrons. The van der Waals surface area contributed by atoms with Gasteiger partial charge >= 0.3 is 0 Å². The SMILES string of the molecule is Cc1cc2ccc(C#N)cc2cc1-c1n(-c2c(C(C)C)cc3c(c2C(C)C)[Si](C)(C)c2ccccc2-3)c2ccccc2[n+]1C. The summed E-state index contributed by atoms with van der Waals surface area (Å²) in [6.45, 7) is 16.7. The van der Waals surface area contributed by atoms with Gasteiger partial charge in [-0.05, 0) is 93.0 Å². The highest BCUT2D eigenvalue weighted by Gasteiger charge is 2.43. The Hall–Kier alpha value is -4.46. The summed E-state index contributed by atoms with van der Waals surface area (Å²) in [5.74, 6) is 1.85. The molecule has 0 spiro atoms. The van der Waals surface area contributed by atoms with Gasteiger partial charge in [-0.25, -0.2) is 4.57 Å². The minimum Gasteiger partial charge on any atom is -0.225 e. The lowest BCUT2D eigenvalue weighted by atomic mass is 9.88. The first-order valence-electron chi connectivity index (χ1n) is 15.8. The number of aryl methyl sites for hydroxylation is 2. The first-order chi connectivity index (χ1) is 21.0. The quantitative estimate of drug-likeness (QED) is 0.150. The van der Waals surface area contributed by atoms with E-state index in [1.54, 1.807) is 10.4 Å². The summed E-state index contributed by atoms with van der Waals surface area (Å²) in [5, 5.41) is 15.0. The van der Waals surface area contributed by atoms with Crippen LogP contribution in [0, 0.1) is 18.3 Å². The summed E-state index contributed by atoms with van der Waals surface area (Å²) in [5.41, 5.74) is 12.6. The van der Waals surface area contributed by atoms with Crippen LogP contribution in [0.1, 0.15) is 61.8 Å². The first-order valence-corrected chi connectivity index (χ1v) is 18.8. The normalized spacial score (nSPS) is 13.6. The number of hydrogen-bond donors (Lipinski definition) is 0. The summed E-state index contributed by atoms with van der Waals surface area (Å²) in [7, 11) is 0.227. The minimum atomic E-state index is -1.98. The highest BCUT2D eigenvalue weighted by Crippen LogP contribution is 2.42. The maximum Gasteiger partial charge on any atom is 0.295 e. The van der Waals surface area contributed by atoms with E-state index in [-0.39, 0.29) is 0 Å². The van der Waals surface area contributed by atoms with Gasteiger partial charge in [0.1, 0.15) is 13.8 Å². The smallest absolute Gasteiger partial charge is 0.225 e. The predicted octanol–water partition coefficient (Wildman–Crippen LogP) is 8.51. The number of aromatic nitrogens is 2. The summed E-state index contributed by atoms with van der Waals surface area (Å²) < 4.78 is 4.95. The van der Waals surface area contributed by atoms with Crippen LogP contribution in [0.15, 0.2) is 84.9 Å². The number of hydrogen-bond acceptors (Lipinski definition) is 1. The lowest BCUT2D eigenvalue weighted by Gasteiger charge is -2.28. The topological polar surface area (TPSA) is 32.6 Å². The van der Waals surface area contributed by atoms with Crippen molar-refractivity contribution in [2.24, 2.45) is 7.05 Å². The molecule has 7 rings (SSSR count). The molecule has 0 aliphatic carbocycles. The lowest BCUT2D eigenvalue weighted by molar-refractivity contribution is -0.633. The molecule has 0 saturated carbocycles. The second kappa shape index (κ2) is 10.0. The standard InChI is InChI=1S/C40H40N3Si/c1-24(2)31-22-33-30-13-9-12-16-36(30)44(7,8)39(33)37(25(3)4)38(31)43-35-15-11-10-14-34(35)42(6)40(43)32-21-29-20-27(23-41)17-18-28(29)19-26(32)5/h9-22,24-25H,1-8H3/q+1. The molecule has 44 heavy (non-hydrogen) atoms. The van der Waals surface area contributed by atoms with Crippen molar-refractivity contribution >= 4 is 40.3 Å². The molecule has 3 nitrogen and oxygen atoms in total. The number of rotatable bonds is 4. The predicted molar refractivity (Wildman–Crippen MR) is 187 cm³/mol. The van der Waals surface area contributed by atoms with Crippen molar-refractivity contribution in [3.05, 3.63) is 107 Å². The fourth-order valence-corrected chi connectivity index (χ4v) is 11.4. The maximum absolute atomic E-state index is 9.66. The summed E-state index contributed by atoms with van der Waals surface area (Å²) >= 11 is 0. The van der Waals surface area contributed by atoms with E-state index >= 15 is 0 Å². The Morgan fingerprint density at radius 1 is 0.773 bits per heavy atom. The fourth-order valence-electron chi connectivity index (χ4n) is 7.81. The van der Waals surface area contributed by atoms with Crippen molar-refractivity contribution in [3.63, 3.8) is 0 Å². The van der Waals surface area contributed by atoms with Gasteiger partial charge in [0.15, 0.2) is 11.0 Å². The van der Waals surface area contributed by atoms with Crippen LogP contribution in [0.2, 0.25) is 13.1 Å². The van der Waals surface area contributed by atoms with Gasteiger partial charge in [-0.3, -0.25) is 0 Å². The molecule has 1 aliphatic rings. The Labute approximate surface area is 262 Å². The van der Waals surface area contributed by atoms with Crippen LogP contribution >= 0.6 is 0 Å². The van der Waals surface area contributed by atoms with Crippen LogP contribution in [0.4, 0.5) is 0 Å². The van der Waals surface area contributed by atoms with Crippen molar-refractivity contribution in [3.8, 4) is 34.3 Å². The van der Waals surface area contributed by atoms with Gasteiger partial charge in [-0.15, -0.1) is 0 Å². The van der Waals surface area contributed by atoms with Gasteiger partial charge in [-0.2, -0.15) is 9.83 Å². The Morgan fingerprint density at radius 3 is 2.23 bits per heavy atom.